The Bertz CT molecular complexity index is 1410. The van der Waals surface area contributed by atoms with Crippen LogP contribution in [-0.4, -0.2) is 49.7 Å². The predicted octanol–water partition coefficient (Wildman–Crippen LogP) is 4.07. The number of carboxylic acid groups (broad SMARTS) is 1. The van der Waals surface area contributed by atoms with E-state index < -0.39 is 11.8 Å². The molecule has 0 unspecified atom stereocenters. The van der Waals surface area contributed by atoms with Crippen molar-refractivity contribution in [1.29, 1.82) is 0 Å². The van der Waals surface area contributed by atoms with Gasteiger partial charge in [-0.05, 0) is 59.9 Å². The molecule has 5 rings (SSSR count). The second-order valence-corrected chi connectivity index (χ2v) is 9.29. The number of hydrogen-bond acceptors (Lipinski definition) is 7. The van der Waals surface area contributed by atoms with E-state index in [2.05, 4.69) is 5.53 Å². The van der Waals surface area contributed by atoms with E-state index in [0.29, 0.717) is 37.4 Å². The fourth-order valence-electron chi connectivity index (χ4n) is 5.08. The van der Waals surface area contributed by atoms with Crippen LogP contribution in [-0.2, 0) is 24.2 Å². The zero-order valence-corrected chi connectivity index (χ0v) is 21.5. The number of carboxylic acids is 1. The van der Waals surface area contributed by atoms with Gasteiger partial charge < -0.3 is 19.5 Å². The van der Waals surface area contributed by atoms with Crippen LogP contribution in [0.1, 0.15) is 33.5 Å². The van der Waals surface area contributed by atoms with E-state index in [-0.39, 0.29) is 17.9 Å². The van der Waals surface area contributed by atoms with Gasteiger partial charge in [0.05, 0.1) is 31.2 Å². The molecular formula is C28H29FN4O5. The van der Waals surface area contributed by atoms with E-state index in [9.17, 15) is 14.0 Å². The maximum absolute atomic E-state index is 14.6. The van der Waals surface area contributed by atoms with Gasteiger partial charge in [-0.1, -0.05) is 12.1 Å². The first kappa shape index (κ1) is 25.3. The quantitative estimate of drug-likeness (QED) is 0.482. The normalized spacial score (nSPS) is 14.3. The third-order valence-corrected chi connectivity index (χ3v) is 6.96. The largest absolute Gasteiger partial charge is 0.497 e. The number of ether oxygens (including phenoxy) is 2. The molecule has 38 heavy (non-hydrogen) atoms. The summed E-state index contributed by atoms with van der Waals surface area (Å²) in [5, 5.41) is 13.0. The Morgan fingerprint density at radius 1 is 1.08 bits per heavy atom. The molecule has 0 bridgehead atoms. The van der Waals surface area contributed by atoms with Crippen molar-refractivity contribution in [3.05, 3.63) is 76.6 Å². The topological polar surface area (TPSA) is 94.6 Å². The molecule has 198 valence electrons. The first-order valence-electron chi connectivity index (χ1n) is 12.3. The minimum absolute atomic E-state index is 0.0168. The van der Waals surface area contributed by atoms with E-state index in [1.807, 2.05) is 47.4 Å². The summed E-state index contributed by atoms with van der Waals surface area (Å²) in [7, 11) is 4.93. The molecule has 2 aliphatic rings. The molecule has 0 fully saturated rings. The minimum atomic E-state index is -0.859. The minimum Gasteiger partial charge on any atom is -0.497 e. The van der Waals surface area contributed by atoms with Crippen molar-refractivity contribution in [2.24, 2.45) is 0 Å². The van der Waals surface area contributed by atoms with Crippen LogP contribution in [0.5, 0.6) is 11.5 Å². The van der Waals surface area contributed by atoms with Gasteiger partial charge in [0.1, 0.15) is 23.0 Å². The van der Waals surface area contributed by atoms with Gasteiger partial charge in [0.2, 0.25) is 0 Å². The van der Waals surface area contributed by atoms with Gasteiger partial charge in [-0.15, -0.1) is 5.53 Å². The first-order chi connectivity index (χ1) is 18.3. The van der Waals surface area contributed by atoms with Crippen LogP contribution >= 0.6 is 0 Å². The van der Waals surface area contributed by atoms with Gasteiger partial charge in [-0.3, -0.25) is 19.6 Å². The summed E-state index contributed by atoms with van der Waals surface area (Å²) in [5.74, 6) is -0.828. The van der Waals surface area contributed by atoms with Gasteiger partial charge in [0.25, 0.3) is 5.91 Å². The number of carbonyl (C=O) groups is 2. The van der Waals surface area contributed by atoms with E-state index in [0.717, 1.165) is 33.8 Å². The molecule has 0 saturated carbocycles. The van der Waals surface area contributed by atoms with Crippen LogP contribution in [0.3, 0.4) is 0 Å². The monoisotopic (exact) mass is 520 g/mol. The Balaban J connectivity index is 1.45. The average Bonchev–Trinajstić information content (AvgIpc) is 3.26. The number of aliphatic carboxylic acids is 1. The molecule has 3 aromatic rings. The number of halogens is 1. The van der Waals surface area contributed by atoms with Crippen molar-refractivity contribution < 1.29 is 28.6 Å². The molecule has 2 aliphatic heterocycles. The average molecular weight is 521 g/mol. The van der Waals surface area contributed by atoms with Crippen molar-refractivity contribution in [1.82, 2.24) is 10.4 Å². The predicted molar refractivity (Wildman–Crippen MR) is 140 cm³/mol. The van der Waals surface area contributed by atoms with Crippen LogP contribution in [0, 0.1) is 5.82 Å². The number of nitrogens with one attached hydrogen (secondary N) is 1. The molecule has 2 heterocycles. The number of methoxy groups -OCH3 is 2. The molecule has 3 aromatic carbocycles. The van der Waals surface area contributed by atoms with E-state index in [1.54, 1.807) is 18.1 Å². The van der Waals surface area contributed by atoms with Gasteiger partial charge in [-0.2, -0.15) is 0 Å². The molecule has 1 amide bonds. The number of anilines is 3. The Morgan fingerprint density at radius 3 is 2.61 bits per heavy atom. The number of fused-ring (bicyclic) bond motifs is 2. The van der Waals surface area contributed by atoms with Crippen LogP contribution in [0.2, 0.25) is 0 Å². The van der Waals surface area contributed by atoms with Crippen LogP contribution < -0.4 is 25.0 Å². The molecule has 10 heteroatoms. The Kier molecular flexibility index (Phi) is 6.81. The summed E-state index contributed by atoms with van der Waals surface area (Å²) in [5.41, 5.74) is 8.90. The lowest BCUT2D eigenvalue weighted by molar-refractivity contribution is -0.136. The van der Waals surface area contributed by atoms with Crippen LogP contribution in [0.15, 0.2) is 48.5 Å². The lowest BCUT2D eigenvalue weighted by Crippen LogP contribution is -2.41. The molecule has 2 N–H and O–H groups in total. The summed E-state index contributed by atoms with van der Waals surface area (Å²) in [4.78, 5) is 26.0. The number of hydrogen-bond donors (Lipinski definition) is 2. The summed E-state index contributed by atoms with van der Waals surface area (Å²) in [6, 6.07) is 14.0. The van der Waals surface area contributed by atoms with E-state index in [1.165, 1.54) is 19.2 Å². The third kappa shape index (κ3) is 4.58. The summed E-state index contributed by atoms with van der Waals surface area (Å²) < 4.78 is 25.3. The Labute approximate surface area is 219 Å². The van der Waals surface area contributed by atoms with Crippen molar-refractivity contribution >= 4 is 28.9 Å². The van der Waals surface area contributed by atoms with Gasteiger partial charge in [-0.25, -0.2) is 4.39 Å². The van der Waals surface area contributed by atoms with Gasteiger partial charge in [0.15, 0.2) is 0 Å². The molecular weight excluding hydrogens is 491 g/mol. The smallest absolute Gasteiger partial charge is 0.303 e. The first-order valence-corrected chi connectivity index (χ1v) is 12.3. The number of benzene rings is 3. The highest BCUT2D eigenvalue weighted by molar-refractivity contribution is 5.95. The molecule has 0 saturated heterocycles. The second-order valence-electron chi connectivity index (χ2n) is 9.29. The number of aryl methyl sites for hydroxylation is 1. The lowest BCUT2D eigenvalue weighted by atomic mass is 9.96. The summed E-state index contributed by atoms with van der Waals surface area (Å²) in [6.07, 6.45) is 0.981. The Hall–Kier alpha value is -4.31. The number of hydrazine groups is 2. The molecule has 0 atom stereocenters. The van der Waals surface area contributed by atoms with E-state index in [4.69, 9.17) is 14.6 Å². The van der Waals surface area contributed by atoms with Crippen LogP contribution in [0.25, 0.3) is 0 Å². The SMILES string of the molecule is COc1ccc(C(=O)N2CCc3c(cccc3N3NN(C)c4c(OC)cc(CCC(=O)O)cc43)C2)c(F)c1. The fraction of sp³-hybridized carbons (Fsp3) is 0.286. The molecule has 0 spiro atoms. The van der Waals surface area contributed by atoms with Crippen molar-refractivity contribution in [3.63, 3.8) is 0 Å². The maximum atomic E-state index is 14.6. The van der Waals surface area contributed by atoms with Gasteiger partial charge in [0, 0.05) is 32.6 Å². The summed E-state index contributed by atoms with van der Waals surface area (Å²) >= 11 is 0. The number of nitrogens with zero attached hydrogens (tertiary/aromatic N) is 3. The highest BCUT2D eigenvalue weighted by atomic mass is 19.1. The maximum Gasteiger partial charge on any atom is 0.303 e. The fourth-order valence-corrected chi connectivity index (χ4v) is 5.08. The zero-order valence-electron chi connectivity index (χ0n) is 21.5. The standard InChI is InChI=1S/C28H29FN4O5/c1-31-27-24(13-17(7-10-26(34)35)14-25(27)38-3)33(30-31)23-6-4-5-18-16-32(12-11-20(18)23)28(36)21-9-8-19(37-2)15-22(21)29/h4-6,8-9,13-15,30H,7,10-12,16H2,1-3H3,(H,34,35). The molecule has 0 aliphatic carbocycles. The highest BCUT2D eigenvalue weighted by Gasteiger charge is 2.32. The van der Waals surface area contributed by atoms with Crippen molar-refractivity contribution in [3.8, 4) is 11.5 Å². The highest BCUT2D eigenvalue weighted by Crippen LogP contribution is 2.46. The lowest BCUT2D eigenvalue weighted by Gasteiger charge is -2.32. The number of carbonyl (C=O) groups excluding carboxylic acids is 1. The molecule has 0 aromatic heterocycles. The molecule has 0 radical (unpaired) electrons. The third-order valence-electron chi connectivity index (χ3n) is 6.96. The molecule has 9 nitrogen and oxygen atoms in total. The Morgan fingerprint density at radius 2 is 1.89 bits per heavy atom. The van der Waals surface area contributed by atoms with Crippen molar-refractivity contribution in [2.45, 2.75) is 25.8 Å². The van der Waals surface area contributed by atoms with Gasteiger partial charge >= 0.3 is 5.97 Å². The number of amides is 1. The summed E-state index contributed by atoms with van der Waals surface area (Å²) in [6.45, 7) is 0.790. The second kappa shape index (κ2) is 10.2. The van der Waals surface area contributed by atoms with Crippen molar-refractivity contribution in [2.75, 3.05) is 37.8 Å². The van der Waals surface area contributed by atoms with Crippen LogP contribution in [0.4, 0.5) is 21.5 Å². The zero-order chi connectivity index (χ0) is 27.0. The number of rotatable bonds is 7. The van der Waals surface area contributed by atoms with E-state index >= 15 is 0 Å².